The Balaban J connectivity index is 0.00000208. The third-order valence-electron chi connectivity index (χ3n) is 5.82. The first-order valence-electron chi connectivity index (χ1n) is 8.25. The van der Waals surface area contributed by atoms with E-state index in [1.807, 2.05) is 0 Å². The number of halogens is 1. The van der Waals surface area contributed by atoms with Crippen LogP contribution in [0.1, 0.15) is 26.7 Å². The van der Waals surface area contributed by atoms with Crippen LogP contribution in [0, 0.1) is 23.2 Å². The fourth-order valence-corrected chi connectivity index (χ4v) is 4.25. The Hall–Kier alpha value is -1.34. The summed E-state index contributed by atoms with van der Waals surface area (Å²) < 4.78 is 4.79. The molecule has 2 amide bonds. The number of carbonyl (C=O) groups is 3. The SMILES string of the molecule is COC(=O)[C@H](C[C@@H]1CCNC1=O)NC(=O)[C@H]1NC[C@H]2[C@@H]1C2(C)C.Cl. The summed E-state index contributed by atoms with van der Waals surface area (Å²) in [6.45, 7) is 5.80. The van der Waals surface area contributed by atoms with Crippen LogP contribution in [-0.4, -0.2) is 50.1 Å². The number of esters is 1. The second-order valence-electron chi connectivity index (χ2n) is 7.44. The molecule has 5 atom stereocenters. The molecule has 136 valence electrons. The van der Waals surface area contributed by atoms with Gasteiger partial charge in [-0.3, -0.25) is 9.59 Å². The Morgan fingerprint density at radius 3 is 2.62 bits per heavy atom. The van der Waals surface area contributed by atoms with Gasteiger partial charge in [-0.25, -0.2) is 4.79 Å². The second kappa shape index (κ2) is 6.88. The van der Waals surface area contributed by atoms with Gasteiger partial charge in [-0.1, -0.05) is 13.8 Å². The summed E-state index contributed by atoms with van der Waals surface area (Å²) in [5, 5.41) is 8.78. The number of carbonyl (C=O) groups excluding carboxylic acids is 3. The molecule has 3 N–H and O–H groups in total. The third kappa shape index (κ3) is 3.24. The van der Waals surface area contributed by atoms with E-state index in [4.69, 9.17) is 4.74 Å². The van der Waals surface area contributed by atoms with E-state index in [-0.39, 0.29) is 48.0 Å². The molecule has 2 saturated heterocycles. The van der Waals surface area contributed by atoms with E-state index in [1.165, 1.54) is 7.11 Å². The zero-order valence-corrected chi connectivity index (χ0v) is 15.1. The van der Waals surface area contributed by atoms with Crippen molar-refractivity contribution in [2.24, 2.45) is 23.2 Å². The molecule has 0 spiro atoms. The highest BCUT2D eigenvalue weighted by Gasteiger charge is 2.65. The number of hydrogen-bond donors (Lipinski definition) is 3. The normalized spacial score (nSPS) is 33.7. The van der Waals surface area contributed by atoms with Gasteiger partial charge in [0.2, 0.25) is 11.8 Å². The third-order valence-corrected chi connectivity index (χ3v) is 5.82. The van der Waals surface area contributed by atoms with E-state index in [9.17, 15) is 14.4 Å². The number of nitrogens with one attached hydrogen (secondary N) is 3. The van der Waals surface area contributed by atoms with Gasteiger partial charge in [-0.15, -0.1) is 12.4 Å². The van der Waals surface area contributed by atoms with E-state index >= 15 is 0 Å². The average molecular weight is 360 g/mol. The molecule has 3 fully saturated rings. The maximum atomic E-state index is 12.6. The van der Waals surface area contributed by atoms with Crippen LogP contribution < -0.4 is 16.0 Å². The fourth-order valence-electron chi connectivity index (χ4n) is 4.25. The van der Waals surface area contributed by atoms with Crippen molar-refractivity contribution >= 4 is 30.2 Å². The van der Waals surface area contributed by atoms with Crippen LogP contribution in [0.3, 0.4) is 0 Å². The molecule has 2 heterocycles. The van der Waals surface area contributed by atoms with Crippen molar-refractivity contribution in [3.8, 4) is 0 Å². The van der Waals surface area contributed by atoms with E-state index in [1.54, 1.807) is 0 Å². The highest BCUT2D eigenvalue weighted by Crippen LogP contribution is 2.62. The Labute approximate surface area is 148 Å². The van der Waals surface area contributed by atoms with Gasteiger partial charge in [0, 0.05) is 12.5 Å². The number of rotatable bonds is 5. The van der Waals surface area contributed by atoms with Crippen molar-refractivity contribution in [2.75, 3.05) is 20.2 Å². The molecular weight excluding hydrogens is 334 g/mol. The topological polar surface area (TPSA) is 96.5 Å². The van der Waals surface area contributed by atoms with Gasteiger partial charge < -0.3 is 20.7 Å². The lowest BCUT2D eigenvalue weighted by atomic mass is 9.97. The van der Waals surface area contributed by atoms with Gasteiger partial charge in [0.15, 0.2) is 0 Å². The number of piperidine rings is 1. The molecule has 7 nitrogen and oxygen atoms in total. The van der Waals surface area contributed by atoms with Crippen LogP contribution in [0.2, 0.25) is 0 Å². The zero-order chi connectivity index (χ0) is 16.8. The second-order valence-corrected chi connectivity index (χ2v) is 7.44. The Morgan fingerprint density at radius 1 is 1.42 bits per heavy atom. The van der Waals surface area contributed by atoms with Gasteiger partial charge in [0.05, 0.1) is 13.2 Å². The zero-order valence-electron chi connectivity index (χ0n) is 14.3. The van der Waals surface area contributed by atoms with E-state index in [0.29, 0.717) is 24.8 Å². The summed E-state index contributed by atoms with van der Waals surface area (Å²) >= 11 is 0. The highest BCUT2D eigenvalue weighted by molar-refractivity contribution is 5.89. The van der Waals surface area contributed by atoms with Gasteiger partial charge in [-0.2, -0.15) is 0 Å². The Morgan fingerprint density at radius 2 is 2.12 bits per heavy atom. The van der Waals surface area contributed by atoms with Crippen LogP contribution in [0.4, 0.5) is 0 Å². The minimum atomic E-state index is -0.774. The molecular formula is C16H26ClN3O4. The molecule has 0 aromatic heterocycles. The molecule has 3 rings (SSSR count). The highest BCUT2D eigenvalue weighted by atomic mass is 35.5. The first-order chi connectivity index (χ1) is 10.9. The van der Waals surface area contributed by atoms with Gasteiger partial charge >= 0.3 is 5.97 Å². The summed E-state index contributed by atoms with van der Waals surface area (Å²) in [4.78, 5) is 36.3. The minimum absolute atomic E-state index is 0. The summed E-state index contributed by atoms with van der Waals surface area (Å²) in [6.07, 6.45) is 0.968. The summed E-state index contributed by atoms with van der Waals surface area (Å²) in [5.41, 5.74) is 0.180. The van der Waals surface area contributed by atoms with Crippen molar-refractivity contribution in [3.05, 3.63) is 0 Å². The molecule has 1 aliphatic carbocycles. The summed E-state index contributed by atoms with van der Waals surface area (Å²) in [5.74, 6) is -0.137. The lowest BCUT2D eigenvalue weighted by Crippen LogP contribution is -2.51. The number of amides is 2. The largest absolute Gasteiger partial charge is 0.467 e. The summed E-state index contributed by atoms with van der Waals surface area (Å²) in [7, 11) is 1.30. The van der Waals surface area contributed by atoms with Crippen molar-refractivity contribution < 1.29 is 19.1 Å². The number of ether oxygens (including phenoxy) is 1. The maximum Gasteiger partial charge on any atom is 0.328 e. The molecule has 8 heteroatoms. The van der Waals surface area contributed by atoms with Crippen LogP contribution in [0.15, 0.2) is 0 Å². The average Bonchev–Trinajstić information content (AvgIpc) is 2.94. The predicted molar refractivity (Wildman–Crippen MR) is 89.5 cm³/mol. The predicted octanol–water partition coefficient (Wildman–Crippen LogP) is -0.164. The quantitative estimate of drug-likeness (QED) is 0.592. The fraction of sp³-hybridized carbons (Fsp3) is 0.812. The van der Waals surface area contributed by atoms with Crippen molar-refractivity contribution in [1.29, 1.82) is 0 Å². The molecule has 0 radical (unpaired) electrons. The lowest BCUT2D eigenvalue weighted by Gasteiger charge is -2.23. The smallest absolute Gasteiger partial charge is 0.328 e. The molecule has 0 unspecified atom stereocenters. The van der Waals surface area contributed by atoms with Gasteiger partial charge in [0.1, 0.15) is 6.04 Å². The Kier molecular flexibility index (Phi) is 5.44. The maximum absolute atomic E-state index is 12.6. The van der Waals surface area contributed by atoms with Crippen molar-refractivity contribution in [2.45, 2.75) is 38.8 Å². The van der Waals surface area contributed by atoms with Crippen LogP contribution in [0.5, 0.6) is 0 Å². The molecule has 2 aliphatic heterocycles. The first kappa shape index (κ1) is 19.0. The lowest BCUT2D eigenvalue weighted by molar-refractivity contribution is -0.146. The molecule has 0 aromatic carbocycles. The van der Waals surface area contributed by atoms with Crippen LogP contribution in [-0.2, 0) is 19.1 Å². The Bertz CT molecular complexity index is 539. The minimum Gasteiger partial charge on any atom is -0.467 e. The van der Waals surface area contributed by atoms with E-state index in [2.05, 4.69) is 29.8 Å². The van der Waals surface area contributed by atoms with Crippen molar-refractivity contribution in [1.82, 2.24) is 16.0 Å². The monoisotopic (exact) mass is 359 g/mol. The van der Waals surface area contributed by atoms with E-state index in [0.717, 1.165) is 6.54 Å². The van der Waals surface area contributed by atoms with Crippen LogP contribution in [0.25, 0.3) is 0 Å². The standard InChI is InChI=1S/C16H25N3O4.ClH/c1-16(2)9-7-18-12(11(9)16)14(21)19-10(15(22)23-3)6-8-4-5-17-13(8)20;/h8-12,18H,4-7H2,1-3H3,(H,17,20)(H,19,21);1H/t8-,9-,10-,11-,12-;/m0./s1. The first-order valence-corrected chi connectivity index (χ1v) is 8.25. The number of fused-ring (bicyclic) bond motifs is 1. The molecule has 0 aromatic rings. The molecule has 3 aliphatic rings. The molecule has 0 bridgehead atoms. The molecule has 24 heavy (non-hydrogen) atoms. The van der Waals surface area contributed by atoms with Gasteiger partial charge in [0.25, 0.3) is 0 Å². The number of hydrogen-bond acceptors (Lipinski definition) is 5. The van der Waals surface area contributed by atoms with Crippen LogP contribution >= 0.6 is 12.4 Å². The number of methoxy groups -OCH3 is 1. The van der Waals surface area contributed by atoms with Gasteiger partial charge in [-0.05, 0) is 36.6 Å². The van der Waals surface area contributed by atoms with Crippen molar-refractivity contribution in [3.63, 3.8) is 0 Å². The van der Waals surface area contributed by atoms with E-state index < -0.39 is 12.0 Å². The summed E-state index contributed by atoms with van der Waals surface area (Å²) in [6, 6.07) is -1.04. The molecule has 1 saturated carbocycles.